The summed E-state index contributed by atoms with van der Waals surface area (Å²) in [6.45, 7) is 3.69. The Kier molecular flexibility index (Phi) is 3.74. The number of aromatic nitrogens is 2. The molecule has 0 bridgehead atoms. The minimum atomic E-state index is -3.33. The Morgan fingerprint density at radius 1 is 1.56 bits per heavy atom. The maximum Gasteiger partial charge on any atom is 0.282 e. The van der Waals surface area contributed by atoms with Gasteiger partial charge in [0, 0.05) is 45.5 Å². The van der Waals surface area contributed by atoms with Gasteiger partial charge >= 0.3 is 0 Å². The van der Waals surface area contributed by atoms with Crippen molar-refractivity contribution in [1.82, 2.24) is 18.4 Å². The summed E-state index contributed by atoms with van der Waals surface area (Å²) in [5.41, 5.74) is 0.899. The van der Waals surface area contributed by atoms with Gasteiger partial charge in [0.1, 0.15) is 0 Å². The molecule has 0 amide bonds. The monoisotopic (exact) mass is 272 g/mol. The van der Waals surface area contributed by atoms with E-state index in [1.54, 1.807) is 22.2 Å². The van der Waals surface area contributed by atoms with E-state index in [1.165, 1.54) is 4.31 Å². The molecule has 1 atom stereocenters. The first kappa shape index (κ1) is 13.5. The van der Waals surface area contributed by atoms with Crippen LogP contribution >= 0.6 is 0 Å². The standard InChI is InChI=1S/C11H20N4O2S/c1-10-4-5-15(7-10)18(16,17)14(3)9-11-6-12-13(2)8-11/h6,8,10H,4-5,7,9H2,1-3H3. The average molecular weight is 272 g/mol. The lowest BCUT2D eigenvalue weighted by Gasteiger charge is -2.23. The first-order valence-corrected chi connectivity index (χ1v) is 7.48. The fraction of sp³-hybridized carbons (Fsp3) is 0.727. The van der Waals surface area contributed by atoms with Gasteiger partial charge in [-0.15, -0.1) is 0 Å². The second-order valence-corrected chi connectivity index (χ2v) is 7.07. The molecule has 6 nitrogen and oxygen atoms in total. The lowest BCUT2D eigenvalue weighted by atomic mass is 10.2. The molecule has 0 aromatic carbocycles. The van der Waals surface area contributed by atoms with Crippen LogP contribution in [0.4, 0.5) is 0 Å². The second kappa shape index (κ2) is 4.99. The van der Waals surface area contributed by atoms with E-state index >= 15 is 0 Å². The fourth-order valence-electron chi connectivity index (χ4n) is 2.19. The van der Waals surface area contributed by atoms with E-state index in [2.05, 4.69) is 12.0 Å². The van der Waals surface area contributed by atoms with E-state index < -0.39 is 10.2 Å². The molecule has 1 aliphatic heterocycles. The molecule has 1 aromatic rings. The molecular formula is C11H20N4O2S. The molecular weight excluding hydrogens is 252 g/mol. The number of nitrogens with zero attached hydrogens (tertiary/aromatic N) is 4. The van der Waals surface area contributed by atoms with Crippen molar-refractivity contribution in [2.45, 2.75) is 19.9 Å². The van der Waals surface area contributed by atoms with Crippen molar-refractivity contribution in [3.63, 3.8) is 0 Å². The summed E-state index contributed by atoms with van der Waals surface area (Å²) in [7, 11) is 0.105. The van der Waals surface area contributed by atoms with Gasteiger partial charge in [-0.2, -0.15) is 22.1 Å². The lowest BCUT2D eigenvalue weighted by molar-refractivity contribution is 0.386. The zero-order valence-corrected chi connectivity index (χ0v) is 11.9. The van der Waals surface area contributed by atoms with Crippen LogP contribution in [0.1, 0.15) is 18.9 Å². The maximum absolute atomic E-state index is 12.3. The lowest BCUT2D eigenvalue weighted by Crippen LogP contribution is -2.40. The summed E-state index contributed by atoms with van der Waals surface area (Å²) < 4.78 is 29.3. The molecule has 0 aliphatic carbocycles. The van der Waals surface area contributed by atoms with Gasteiger partial charge < -0.3 is 0 Å². The van der Waals surface area contributed by atoms with E-state index in [0.29, 0.717) is 25.6 Å². The van der Waals surface area contributed by atoms with Gasteiger partial charge in [0.15, 0.2) is 0 Å². The van der Waals surface area contributed by atoms with Crippen LogP contribution in [0.2, 0.25) is 0 Å². The normalized spacial score (nSPS) is 21.9. The van der Waals surface area contributed by atoms with Crippen LogP contribution in [0.15, 0.2) is 12.4 Å². The zero-order chi connectivity index (χ0) is 13.3. The van der Waals surface area contributed by atoms with Crippen molar-refractivity contribution in [3.8, 4) is 0 Å². The van der Waals surface area contributed by atoms with Crippen LogP contribution in [0.25, 0.3) is 0 Å². The van der Waals surface area contributed by atoms with Crippen LogP contribution in [0.5, 0.6) is 0 Å². The topological polar surface area (TPSA) is 58.4 Å². The van der Waals surface area contributed by atoms with Crippen molar-refractivity contribution < 1.29 is 8.42 Å². The molecule has 1 saturated heterocycles. The highest BCUT2D eigenvalue weighted by atomic mass is 32.2. The van der Waals surface area contributed by atoms with Crippen LogP contribution in [0, 0.1) is 5.92 Å². The first-order valence-electron chi connectivity index (χ1n) is 6.08. The highest BCUT2D eigenvalue weighted by Crippen LogP contribution is 2.21. The molecule has 1 fully saturated rings. The Morgan fingerprint density at radius 3 is 2.78 bits per heavy atom. The summed E-state index contributed by atoms with van der Waals surface area (Å²) in [5.74, 6) is 0.451. The van der Waals surface area contributed by atoms with E-state index in [1.807, 2.05) is 13.2 Å². The molecule has 1 unspecified atom stereocenters. The van der Waals surface area contributed by atoms with Gasteiger partial charge in [0.25, 0.3) is 10.2 Å². The highest BCUT2D eigenvalue weighted by molar-refractivity contribution is 7.86. The molecule has 0 spiro atoms. The average Bonchev–Trinajstić information content (AvgIpc) is 2.88. The fourth-order valence-corrected chi connectivity index (χ4v) is 3.68. The third-order valence-electron chi connectivity index (χ3n) is 3.27. The summed E-state index contributed by atoms with van der Waals surface area (Å²) in [5, 5.41) is 4.04. The van der Waals surface area contributed by atoms with E-state index in [0.717, 1.165) is 12.0 Å². The Bertz CT molecular complexity index is 511. The largest absolute Gasteiger partial charge is 0.282 e. The Hall–Kier alpha value is -0.920. The molecule has 102 valence electrons. The number of rotatable bonds is 4. The first-order chi connectivity index (χ1) is 8.39. The number of aryl methyl sites for hydroxylation is 1. The minimum absolute atomic E-state index is 0.362. The summed E-state index contributed by atoms with van der Waals surface area (Å²) in [6.07, 6.45) is 4.47. The van der Waals surface area contributed by atoms with Crippen LogP contribution in [-0.4, -0.2) is 46.9 Å². The second-order valence-electron chi connectivity index (χ2n) is 5.04. The molecule has 7 heteroatoms. The van der Waals surface area contributed by atoms with E-state index in [-0.39, 0.29) is 0 Å². The van der Waals surface area contributed by atoms with Gasteiger partial charge in [-0.1, -0.05) is 6.92 Å². The molecule has 2 heterocycles. The smallest absolute Gasteiger partial charge is 0.275 e. The quantitative estimate of drug-likeness (QED) is 0.799. The minimum Gasteiger partial charge on any atom is -0.275 e. The highest BCUT2D eigenvalue weighted by Gasteiger charge is 2.32. The third kappa shape index (κ3) is 2.73. The molecule has 0 N–H and O–H groups in total. The SMILES string of the molecule is CC1CCN(S(=O)(=O)N(C)Cc2cnn(C)c2)C1. The molecule has 2 rings (SSSR count). The maximum atomic E-state index is 12.3. The number of hydrogen-bond donors (Lipinski definition) is 0. The molecule has 0 radical (unpaired) electrons. The third-order valence-corrected chi connectivity index (χ3v) is 5.17. The molecule has 18 heavy (non-hydrogen) atoms. The summed E-state index contributed by atoms with van der Waals surface area (Å²) >= 11 is 0. The van der Waals surface area contributed by atoms with Crippen molar-refractivity contribution in [2.75, 3.05) is 20.1 Å². The number of hydrogen-bond acceptors (Lipinski definition) is 3. The van der Waals surface area contributed by atoms with Crippen molar-refractivity contribution in [2.24, 2.45) is 13.0 Å². The predicted molar refractivity (Wildman–Crippen MR) is 68.9 cm³/mol. The van der Waals surface area contributed by atoms with E-state index in [9.17, 15) is 8.42 Å². The van der Waals surface area contributed by atoms with Crippen molar-refractivity contribution >= 4 is 10.2 Å². The van der Waals surface area contributed by atoms with Crippen LogP contribution in [0.3, 0.4) is 0 Å². The van der Waals surface area contributed by atoms with E-state index in [4.69, 9.17) is 0 Å². The van der Waals surface area contributed by atoms with Gasteiger partial charge in [-0.3, -0.25) is 4.68 Å². The van der Waals surface area contributed by atoms with Gasteiger partial charge in [-0.25, -0.2) is 0 Å². The molecule has 0 saturated carbocycles. The van der Waals surface area contributed by atoms with Crippen LogP contribution in [-0.2, 0) is 23.8 Å². The Balaban J connectivity index is 2.05. The van der Waals surface area contributed by atoms with Gasteiger partial charge in [-0.05, 0) is 12.3 Å². The Morgan fingerprint density at radius 2 is 2.28 bits per heavy atom. The molecule has 1 aliphatic rings. The summed E-state index contributed by atoms with van der Waals surface area (Å²) in [6, 6.07) is 0. The van der Waals surface area contributed by atoms with Crippen molar-refractivity contribution in [1.29, 1.82) is 0 Å². The van der Waals surface area contributed by atoms with Gasteiger partial charge in [0.2, 0.25) is 0 Å². The van der Waals surface area contributed by atoms with Gasteiger partial charge in [0.05, 0.1) is 6.20 Å². The van der Waals surface area contributed by atoms with Crippen molar-refractivity contribution in [3.05, 3.63) is 18.0 Å². The molecule has 1 aromatic heterocycles. The zero-order valence-electron chi connectivity index (χ0n) is 11.1. The Labute approximate surface area is 108 Å². The van der Waals surface area contributed by atoms with Crippen LogP contribution < -0.4 is 0 Å². The predicted octanol–water partition coefficient (Wildman–Crippen LogP) is 0.438. The summed E-state index contributed by atoms with van der Waals surface area (Å²) in [4.78, 5) is 0.